The Morgan fingerprint density at radius 3 is 2.52 bits per heavy atom. The average Bonchev–Trinajstić information content (AvgIpc) is 3.31. The standard InChI is InChI=1S/C30H33ClF2N6O/c1-30(32,33)26-18-23(7-10-27(26)31)37-29(40)36-22-5-8-24(9-6-22)39-20-21(25-11-12-35-19-28(25)39)4-2-3-15-38-16-13-34-14-17-38/h5-12,18-20,34H,2-4,13-17H2,1H3,(H2,36,37,40). The van der Waals surface area contributed by atoms with Crippen molar-refractivity contribution >= 4 is 39.9 Å². The number of urea groups is 1. The number of amides is 2. The van der Waals surface area contributed by atoms with Gasteiger partial charge in [-0.3, -0.25) is 4.98 Å². The summed E-state index contributed by atoms with van der Waals surface area (Å²) in [6, 6.07) is 13.0. The fraction of sp³-hybridized carbons (Fsp3) is 0.333. The van der Waals surface area contributed by atoms with Gasteiger partial charge in [-0.15, -0.1) is 0 Å². The molecule has 1 fully saturated rings. The van der Waals surface area contributed by atoms with Gasteiger partial charge in [-0.1, -0.05) is 11.6 Å². The second-order valence-electron chi connectivity index (χ2n) is 10.2. The maximum atomic E-state index is 13.8. The summed E-state index contributed by atoms with van der Waals surface area (Å²) < 4.78 is 29.7. The number of aryl methyl sites for hydroxylation is 1. The number of pyridine rings is 1. The van der Waals surface area contributed by atoms with Gasteiger partial charge in [-0.05, 0) is 79.9 Å². The predicted molar refractivity (Wildman–Crippen MR) is 157 cm³/mol. The first-order valence-corrected chi connectivity index (χ1v) is 13.9. The second kappa shape index (κ2) is 12.3. The molecule has 2 aromatic carbocycles. The minimum absolute atomic E-state index is 0.0554. The molecule has 4 aromatic rings. The SMILES string of the molecule is CC(F)(F)c1cc(NC(=O)Nc2ccc(-n3cc(CCCCN4CCNCC4)c4ccncc43)cc2)ccc1Cl. The number of hydrogen-bond donors (Lipinski definition) is 3. The number of fused-ring (bicyclic) bond motifs is 1. The van der Waals surface area contributed by atoms with Gasteiger partial charge in [0.05, 0.1) is 11.7 Å². The molecule has 7 nitrogen and oxygen atoms in total. The Morgan fingerprint density at radius 1 is 1.05 bits per heavy atom. The van der Waals surface area contributed by atoms with Crippen LogP contribution in [-0.4, -0.2) is 53.2 Å². The number of carbonyl (C=O) groups excluding carboxylic acids is 1. The number of piperazine rings is 1. The molecule has 0 unspecified atom stereocenters. The Kier molecular flexibility index (Phi) is 8.63. The van der Waals surface area contributed by atoms with Crippen molar-refractivity contribution in [3.05, 3.63) is 83.3 Å². The molecular weight excluding hydrogens is 534 g/mol. The minimum Gasteiger partial charge on any atom is -0.315 e. The van der Waals surface area contributed by atoms with Crippen LogP contribution in [0.1, 0.15) is 30.9 Å². The average molecular weight is 567 g/mol. The molecule has 0 saturated carbocycles. The summed E-state index contributed by atoms with van der Waals surface area (Å²) in [4.78, 5) is 19.4. The number of hydrogen-bond acceptors (Lipinski definition) is 4. The number of carbonyl (C=O) groups is 1. The molecule has 5 rings (SSSR count). The van der Waals surface area contributed by atoms with E-state index >= 15 is 0 Å². The molecule has 10 heteroatoms. The highest BCUT2D eigenvalue weighted by Gasteiger charge is 2.27. The third kappa shape index (κ3) is 6.78. The first-order chi connectivity index (χ1) is 19.3. The number of alkyl halides is 2. The Morgan fingerprint density at radius 2 is 1.77 bits per heavy atom. The highest BCUT2D eigenvalue weighted by atomic mass is 35.5. The van der Waals surface area contributed by atoms with Crippen LogP contribution < -0.4 is 16.0 Å². The van der Waals surface area contributed by atoms with Gasteiger partial charge < -0.3 is 25.4 Å². The summed E-state index contributed by atoms with van der Waals surface area (Å²) in [7, 11) is 0. The van der Waals surface area contributed by atoms with Crippen molar-refractivity contribution in [2.45, 2.75) is 32.1 Å². The third-order valence-corrected chi connectivity index (χ3v) is 7.50. The number of unbranched alkanes of at least 4 members (excludes halogenated alkanes) is 1. The van der Waals surface area contributed by atoms with E-state index in [-0.39, 0.29) is 16.3 Å². The Balaban J connectivity index is 1.23. The number of aromatic nitrogens is 2. The maximum absolute atomic E-state index is 13.8. The van der Waals surface area contributed by atoms with E-state index in [2.05, 4.69) is 42.7 Å². The van der Waals surface area contributed by atoms with E-state index in [4.69, 9.17) is 11.6 Å². The van der Waals surface area contributed by atoms with Crippen LogP contribution in [0.3, 0.4) is 0 Å². The van der Waals surface area contributed by atoms with Crippen LogP contribution in [0.5, 0.6) is 0 Å². The van der Waals surface area contributed by atoms with Gasteiger partial charge >= 0.3 is 6.03 Å². The van der Waals surface area contributed by atoms with Crippen molar-refractivity contribution < 1.29 is 13.6 Å². The molecule has 0 radical (unpaired) electrons. The lowest BCUT2D eigenvalue weighted by Crippen LogP contribution is -2.43. The molecule has 1 aliphatic heterocycles. The molecule has 3 N–H and O–H groups in total. The smallest absolute Gasteiger partial charge is 0.315 e. The summed E-state index contributed by atoms with van der Waals surface area (Å²) in [5.74, 6) is -3.12. The Labute approximate surface area is 237 Å². The van der Waals surface area contributed by atoms with E-state index in [1.807, 2.05) is 24.5 Å². The van der Waals surface area contributed by atoms with Crippen LogP contribution >= 0.6 is 11.6 Å². The van der Waals surface area contributed by atoms with Crippen molar-refractivity contribution in [1.82, 2.24) is 19.8 Å². The summed E-state index contributed by atoms with van der Waals surface area (Å²) in [6.07, 6.45) is 9.16. The zero-order valence-electron chi connectivity index (χ0n) is 22.4. The van der Waals surface area contributed by atoms with Gasteiger partial charge in [-0.25, -0.2) is 13.6 Å². The number of benzene rings is 2. The molecule has 3 heterocycles. The van der Waals surface area contributed by atoms with Gasteiger partial charge in [-0.2, -0.15) is 0 Å². The second-order valence-corrected chi connectivity index (χ2v) is 10.6. The van der Waals surface area contributed by atoms with Gasteiger partial charge in [0.25, 0.3) is 5.92 Å². The highest BCUT2D eigenvalue weighted by Crippen LogP contribution is 2.34. The lowest BCUT2D eigenvalue weighted by atomic mass is 10.1. The van der Waals surface area contributed by atoms with Crippen LogP contribution in [0, 0.1) is 0 Å². The predicted octanol–water partition coefficient (Wildman–Crippen LogP) is 6.66. The summed E-state index contributed by atoms with van der Waals surface area (Å²) in [5.41, 5.74) is 3.72. The normalized spacial score (nSPS) is 14.4. The monoisotopic (exact) mass is 566 g/mol. The molecule has 1 aliphatic rings. The molecule has 0 bridgehead atoms. The van der Waals surface area contributed by atoms with Crippen molar-refractivity contribution in [2.24, 2.45) is 0 Å². The zero-order chi connectivity index (χ0) is 28.1. The quantitative estimate of drug-likeness (QED) is 0.198. The van der Waals surface area contributed by atoms with Gasteiger partial charge in [0.2, 0.25) is 0 Å². The van der Waals surface area contributed by atoms with E-state index in [1.54, 1.807) is 12.1 Å². The molecule has 2 amide bonds. The minimum atomic E-state index is -3.12. The molecule has 210 valence electrons. The number of anilines is 2. The van der Waals surface area contributed by atoms with E-state index in [0.717, 1.165) is 63.7 Å². The van der Waals surface area contributed by atoms with Crippen molar-refractivity contribution in [3.8, 4) is 5.69 Å². The first-order valence-electron chi connectivity index (χ1n) is 13.5. The number of halogens is 3. The largest absolute Gasteiger partial charge is 0.323 e. The number of nitrogens with one attached hydrogen (secondary N) is 3. The Hall–Kier alpha value is -3.53. The first kappa shape index (κ1) is 28.0. The van der Waals surface area contributed by atoms with Crippen molar-refractivity contribution in [3.63, 3.8) is 0 Å². The summed E-state index contributed by atoms with van der Waals surface area (Å²) in [6.45, 7) is 6.29. The topological polar surface area (TPSA) is 74.2 Å². The molecule has 0 aliphatic carbocycles. The van der Waals surface area contributed by atoms with E-state index in [9.17, 15) is 13.6 Å². The fourth-order valence-corrected chi connectivity index (χ4v) is 5.36. The van der Waals surface area contributed by atoms with Crippen LogP contribution in [0.2, 0.25) is 5.02 Å². The van der Waals surface area contributed by atoms with E-state index < -0.39 is 12.0 Å². The summed E-state index contributed by atoms with van der Waals surface area (Å²) >= 11 is 5.89. The van der Waals surface area contributed by atoms with E-state index in [0.29, 0.717) is 5.69 Å². The molecule has 40 heavy (non-hydrogen) atoms. The van der Waals surface area contributed by atoms with Crippen LogP contribution in [0.4, 0.5) is 25.0 Å². The summed E-state index contributed by atoms with van der Waals surface area (Å²) in [5, 5.41) is 9.87. The zero-order valence-corrected chi connectivity index (χ0v) is 23.1. The lowest BCUT2D eigenvalue weighted by Gasteiger charge is -2.26. The van der Waals surface area contributed by atoms with Gasteiger partial charge in [0.1, 0.15) is 0 Å². The maximum Gasteiger partial charge on any atom is 0.323 e. The van der Waals surface area contributed by atoms with Crippen LogP contribution in [-0.2, 0) is 12.3 Å². The number of nitrogens with zero attached hydrogens (tertiary/aromatic N) is 3. The molecule has 0 atom stereocenters. The number of rotatable bonds is 9. The highest BCUT2D eigenvalue weighted by molar-refractivity contribution is 6.31. The fourth-order valence-electron chi connectivity index (χ4n) is 5.08. The van der Waals surface area contributed by atoms with Crippen LogP contribution in [0.25, 0.3) is 16.6 Å². The Bertz CT molecular complexity index is 1460. The lowest BCUT2D eigenvalue weighted by molar-refractivity contribution is 0.0176. The molecule has 0 spiro atoms. The van der Waals surface area contributed by atoms with E-state index in [1.165, 1.54) is 35.6 Å². The van der Waals surface area contributed by atoms with Crippen molar-refractivity contribution in [2.75, 3.05) is 43.4 Å². The third-order valence-electron chi connectivity index (χ3n) is 7.17. The molecular formula is C30H33ClF2N6O. The van der Waals surface area contributed by atoms with Crippen molar-refractivity contribution in [1.29, 1.82) is 0 Å². The van der Waals surface area contributed by atoms with Gasteiger partial charge in [0, 0.05) is 78.5 Å². The molecule has 1 saturated heterocycles. The van der Waals surface area contributed by atoms with Gasteiger partial charge in [0.15, 0.2) is 0 Å². The van der Waals surface area contributed by atoms with Crippen LogP contribution in [0.15, 0.2) is 67.1 Å². The molecule has 2 aromatic heterocycles.